The van der Waals surface area contributed by atoms with E-state index in [4.69, 9.17) is 24.0 Å². The molecular formula is C21H28O6. The highest BCUT2D eigenvalue weighted by Crippen LogP contribution is 2.60. The number of benzene rings is 1. The molecule has 0 aromatic heterocycles. The summed E-state index contributed by atoms with van der Waals surface area (Å²) >= 11 is 0. The number of ether oxygens (including phenoxy) is 3. The van der Waals surface area contributed by atoms with Gasteiger partial charge in [0.05, 0.1) is 0 Å². The van der Waals surface area contributed by atoms with Gasteiger partial charge in [-0.05, 0) is 62.3 Å². The molecule has 2 unspecified atom stereocenters. The molecule has 1 saturated carbocycles. The maximum Gasteiger partial charge on any atom is 0.205 e. The van der Waals surface area contributed by atoms with Crippen molar-refractivity contribution in [2.75, 3.05) is 0 Å². The molecular weight excluding hydrogens is 348 g/mol. The van der Waals surface area contributed by atoms with Crippen LogP contribution in [0, 0.1) is 23.7 Å². The predicted molar refractivity (Wildman–Crippen MR) is 95.6 cm³/mol. The highest BCUT2D eigenvalue weighted by atomic mass is 17.3. The van der Waals surface area contributed by atoms with Crippen molar-refractivity contribution in [1.82, 2.24) is 0 Å². The van der Waals surface area contributed by atoms with Gasteiger partial charge in [-0.25, -0.2) is 9.78 Å². The van der Waals surface area contributed by atoms with Gasteiger partial charge in [0, 0.05) is 18.3 Å². The summed E-state index contributed by atoms with van der Waals surface area (Å²) in [4.78, 5) is 12.0. The number of hydrogen-bond donors (Lipinski definition) is 1. The van der Waals surface area contributed by atoms with E-state index in [1.807, 2.05) is 6.92 Å². The zero-order valence-electron chi connectivity index (χ0n) is 16.1. The Labute approximate surface area is 159 Å². The van der Waals surface area contributed by atoms with Crippen molar-refractivity contribution in [3.8, 4) is 11.5 Å². The van der Waals surface area contributed by atoms with Gasteiger partial charge < -0.3 is 19.3 Å². The first-order valence-electron chi connectivity index (χ1n) is 10.1. The van der Waals surface area contributed by atoms with Crippen molar-refractivity contribution in [3.05, 3.63) is 24.3 Å². The van der Waals surface area contributed by atoms with Crippen LogP contribution in [0.2, 0.25) is 0 Å². The van der Waals surface area contributed by atoms with E-state index in [0.29, 0.717) is 17.6 Å². The van der Waals surface area contributed by atoms with Crippen molar-refractivity contribution in [2.24, 2.45) is 23.7 Å². The minimum atomic E-state index is -0.777. The Hall–Kier alpha value is -1.34. The molecule has 148 valence electrons. The van der Waals surface area contributed by atoms with Crippen LogP contribution in [0.15, 0.2) is 24.3 Å². The summed E-state index contributed by atoms with van der Waals surface area (Å²) in [6.45, 7) is 6.39. The number of phenols is 1. The molecule has 5 aliphatic rings. The van der Waals surface area contributed by atoms with Gasteiger partial charge in [0.1, 0.15) is 11.5 Å². The van der Waals surface area contributed by atoms with E-state index in [0.717, 1.165) is 19.3 Å². The molecule has 6 heteroatoms. The van der Waals surface area contributed by atoms with Crippen LogP contribution in [0.4, 0.5) is 0 Å². The smallest absolute Gasteiger partial charge is 0.205 e. The molecule has 1 aliphatic carbocycles. The van der Waals surface area contributed by atoms with Gasteiger partial charge >= 0.3 is 0 Å². The van der Waals surface area contributed by atoms with E-state index < -0.39 is 24.0 Å². The number of aromatic hydroxyl groups is 1. The summed E-state index contributed by atoms with van der Waals surface area (Å²) in [5, 5.41) is 9.50. The second kappa shape index (κ2) is 6.08. The molecule has 1 aromatic carbocycles. The monoisotopic (exact) mass is 376 g/mol. The first kappa shape index (κ1) is 17.7. The van der Waals surface area contributed by atoms with Crippen LogP contribution < -0.4 is 4.74 Å². The lowest BCUT2D eigenvalue weighted by Gasteiger charge is -2.60. The Morgan fingerprint density at radius 3 is 2.59 bits per heavy atom. The third-order valence-corrected chi connectivity index (χ3v) is 7.19. The fraction of sp³-hybridized carbons (Fsp3) is 0.714. The van der Waals surface area contributed by atoms with Gasteiger partial charge in [-0.3, -0.25) is 0 Å². The zero-order chi connectivity index (χ0) is 18.8. The minimum absolute atomic E-state index is 0.125. The van der Waals surface area contributed by atoms with Crippen LogP contribution in [0.5, 0.6) is 11.5 Å². The van der Waals surface area contributed by atoms with Gasteiger partial charge in [0.2, 0.25) is 12.1 Å². The average molecular weight is 376 g/mol. The van der Waals surface area contributed by atoms with Crippen molar-refractivity contribution in [3.63, 3.8) is 0 Å². The second-order valence-corrected chi connectivity index (χ2v) is 8.89. The topological polar surface area (TPSA) is 66.4 Å². The van der Waals surface area contributed by atoms with Crippen LogP contribution >= 0.6 is 0 Å². The standard InChI is InChI=1S/C21H28O6/c1-12-4-9-17-13(2)18(23-15-7-5-14(22)6-8-15)24-19-21(17)16(12)10-11-20(3,25-19)26-27-21/h5-8,12-13,16-19,22H,4,9-11H2,1-3H3/t12-,13-,16?,17+,18+,19-,20+,21?/m1/s1. The van der Waals surface area contributed by atoms with E-state index in [2.05, 4.69) is 13.8 Å². The lowest BCUT2D eigenvalue weighted by Crippen LogP contribution is -2.70. The molecule has 5 fully saturated rings. The molecule has 4 aliphatic heterocycles. The number of phenolic OH excluding ortho intramolecular Hbond substituents is 1. The first-order valence-corrected chi connectivity index (χ1v) is 10.1. The fourth-order valence-electron chi connectivity index (χ4n) is 5.67. The summed E-state index contributed by atoms with van der Waals surface area (Å²) in [6, 6.07) is 6.74. The fourth-order valence-corrected chi connectivity index (χ4v) is 5.67. The van der Waals surface area contributed by atoms with Crippen LogP contribution in [-0.2, 0) is 19.2 Å². The SMILES string of the molecule is C[C@H]1[C@@H](Oc2ccc(O)cc2)O[C@@H]2O[C@]3(C)CCC4[C@H](C)CC[C@@H]1C42OO3. The van der Waals surface area contributed by atoms with Gasteiger partial charge in [0.15, 0.2) is 11.9 Å². The molecule has 6 rings (SSSR count). The highest BCUT2D eigenvalue weighted by Gasteiger charge is 2.69. The second-order valence-electron chi connectivity index (χ2n) is 8.89. The Morgan fingerprint density at radius 2 is 1.81 bits per heavy atom. The van der Waals surface area contributed by atoms with Crippen molar-refractivity contribution < 1.29 is 29.1 Å². The third-order valence-electron chi connectivity index (χ3n) is 7.19. The maximum absolute atomic E-state index is 9.50. The lowest BCUT2D eigenvalue weighted by atomic mass is 9.58. The van der Waals surface area contributed by atoms with Crippen molar-refractivity contribution in [2.45, 2.75) is 70.4 Å². The molecule has 6 nitrogen and oxygen atoms in total. The van der Waals surface area contributed by atoms with Crippen LogP contribution in [0.25, 0.3) is 0 Å². The lowest BCUT2D eigenvalue weighted by molar-refractivity contribution is -0.575. The predicted octanol–water partition coefficient (Wildman–Crippen LogP) is 3.98. The quantitative estimate of drug-likeness (QED) is 0.788. The van der Waals surface area contributed by atoms with Crippen molar-refractivity contribution >= 4 is 0 Å². The maximum atomic E-state index is 9.50. The third kappa shape index (κ3) is 2.61. The summed E-state index contributed by atoms with van der Waals surface area (Å²) in [5.41, 5.74) is -0.568. The number of hydrogen-bond acceptors (Lipinski definition) is 6. The van der Waals surface area contributed by atoms with E-state index in [9.17, 15) is 5.11 Å². The molecule has 4 heterocycles. The van der Waals surface area contributed by atoms with Crippen LogP contribution in [-0.4, -0.2) is 29.1 Å². The molecule has 8 atom stereocenters. The molecule has 1 aromatic rings. The Morgan fingerprint density at radius 1 is 1.04 bits per heavy atom. The Kier molecular flexibility index (Phi) is 3.99. The molecule has 1 N–H and O–H groups in total. The van der Waals surface area contributed by atoms with Gasteiger partial charge in [0.25, 0.3) is 0 Å². The molecule has 27 heavy (non-hydrogen) atoms. The molecule has 1 spiro atoms. The van der Waals surface area contributed by atoms with E-state index >= 15 is 0 Å². The van der Waals surface area contributed by atoms with E-state index in [1.54, 1.807) is 24.3 Å². The zero-order valence-corrected chi connectivity index (χ0v) is 16.1. The molecule has 0 radical (unpaired) electrons. The van der Waals surface area contributed by atoms with Crippen molar-refractivity contribution in [1.29, 1.82) is 0 Å². The van der Waals surface area contributed by atoms with E-state index in [-0.39, 0.29) is 17.6 Å². The molecule has 0 amide bonds. The first-order chi connectivity index (χ1) is 12.9. The number of fused-ring (bicyclic) bond motifs is 2. The summed E-state index contributed by atoms with van der Waals surface area (Å²) in [7, 11) is 0. The summed E-state index contributed by atoms with van der Waals surface area (Å²) in [6.07, 6.45) is 3.08. The Bertz CT molecular complexity index is 707. The normalized spacial score (nSPS) is 48.6. The van der Waals surface area contributed by atoms with E-state index in [1.165, 1.54) is 6.42 Å². The molecule has 4 saturated heterocycles. The van der Waals surface area contributed by atoms with Crippen LogP contribution in [0.1, 0.15) is 46.5 Å². The average Bonchev–Trinajstić information content (AvgIpc) is 2.87. The van der Waals surface area contributed by atoms with Gasteiger partial charge in [-0.15, -0.1) is 0 Å². The van der Waals surface area contributed by atoms with Gasteiger partial charge in [-0.1, -0.05) is 13.8 Å². The largest absolute Gasteiger partial charge is 0.508 e. The Balaban J connectivity index is 1.48. The summed E-state index contributed by atoms with van der Waals surface area (Å²) < 4.78 is 18.9. The molecule has 2 bridgehead atoms. The highest BCUT2D eigenvalue weighted by molar-refractivity contribution is 5.30. The van der Waals surface area contributed by atoms with Gasteiger partial charge in [-0.2, -0.15) is 0 Å². The number of rotatable bonds is 2. The summed E-state index contributed by atoms with van der Waals surface area (Å²) in [5.74, 6) is 1.36. The minimum Gasteiger partial charge on any atom is -0.508 e. The van der Waals surface area contributed by atoms with Crippen LogP contribution in [0.3, 0.4) is 0 Å².